The molecule has 0 aliphatic rings. The van der Waals surface area contributed by atoms with Crippen molar-refractivity contribution in [2.45, 2.75) is 45.8 Å². The maximum atomic E-state index is 12.5. The molecule has 2 aromatic rings. The lowest BCUT2D eigenvalue weighted by atomic mass is 10.2. The lowest BCUT2D eigenvalue weighted by Gasteiger charge is -2.09. The predicted molar refractivity (Wildman–Crippen MR) is 80.5 cm³/mol. The minimum atomic E-state index is -0.355. The van der Waals surface area contributed by atoms with Crippen molar-refractivity contribution < 1.29 is 5.11 Å². The van der Waals surface area contributed by atoms with Crippen LogP contribution in [0.2, 0.25) is 0 Å². The molecule has 0 fully saturated rings. The Bertz CT molecular complexity index is 767. The largest absolute Gasteiger partial charge is 0.393 e. The van der Waals surface area contributed by atoms with E-state index in [9.17, 15) is 14.7 Å². The van der Waals surface area contributed by atoms with Crippen molar-refractivity contribution in [1.29, 1.82) is 0 Å². The second kappa shape index (κ2) is 5.85. The number of aryl methyl sites for hydroxylation is 3. The van der Waals surface area contributed by atoms with Crippen molar-refractivity contribution >= 4 is 11.2 Å². The summed E-state index contributed by atoms with van der Waals surface area (Å²) >= 11 is 0. The number of fused-ring (bicyclic) bond motifs is 1. The molecule has 2 heterocycles. The zero-order chi connectivity index (χ0) is 15.7. The molecular formula is C14H22N4O3. The minimum Gasteiger partial charge on any atom is -0.393 e. The third kappa shape index (κ3) is 2.78. The van der Waals surface area contributed by atoms with Crippen LogP contribution in [-0.2, 0) is 20.6 Å². The van der Waals surface area contributed by atoms with Gasteiger partial charge in [-0.25, -0.2) is 9.78 Å². The molecule has 0 spiro atoms. The maximum absolute atomic E-state index is 12.5. The average molecular weight is 294 g/mol. The molecular weight excluding hydrogens is 272 g/mol. The number of unbranched alkanes of at least 4 members (excludes halogenated alkanes) is 1. The molecule has 2 rings (SSSR count). The molecule has 7 nitrogen and oxygen atoms in total. The minimum absolute atomic E-state index is 0.298. The summed E-state index contributed by atoms with van der Waals surface area (Å²) < 4.78 is 4.38. The number of aromatic nitrogens is 4. The van der Waals surface area contributed by atoms with Crippen molar-refractivity contribution in [1.82, 2.24) is 18.7 Å². The highest BCUT2D eigenvalue weighted by Crippen LogP contribution is 2.08. The normalized spacial score (nSPS) is 13.0. The Labute approximate surface area is 122 Å². The van der Waals surface area contributed by atoms with Crippen LogP contribution in [-0.4, -0.2) is 29.9 Å². The van der Waals surface area contributed by atoms with E-state index >= 15 is 0 Å². The van der Waals surface area contributed by atoms with Crippen molar-refractivity contribution in [3.05, 3.63) is 26.7 Å². The highest BCUT2D eigenvalue weighted by Gasteiger charge is 2.16. The van der Waals surface area contributed by atoms with Gasteiger partial charge in [0, 0.05) is 20.6 Å². The van der Waals surface area contributed by atoms with Gasteiger partial charge in [0.25, 0.3) is 5.56 Å². The van der Waals surface area contributed by atoms with E-state index in [1.54, 1.807) is 32.5 Å². The zero-order valence-electron chi connectivity index (χ0n) is 13.0. The molecule has 0 aromatic carbocycles. The third-order valence-corrected chi connectivity index (χ3v) is 3.84. The second-order valence-electron chi connectivity index (χ2n) is 5.53. The quantitative estimate of drug-likeness (QED) is 0.804. The average Bonchev–Trinajstić information content (AvgIpc) is 2.71. The fraction of sp³-hybridized carbons (Fsp3) is 0.643. The number of aliphatic hydroxyl groups is 1. The Kier molecular flexibility index (Phi) is 4.32. The van der Waals surface area contributed by atoms with Crippen LogP contribution in [0.25, 0.3) is 11.2 Å². The standard InChI is InChI=1S/C14H22N4O3/c1-9(19)7-5-6-8-18-13(20)11-12(17(4)14(18)21)15-10(2)16(11)3/h9,19H,5-8H2,1-4H3/t9-/m1/s1. The highest BCUT2D eigenvalue weighted by molar-refractivity contribution is 5.70. The van der Waals surface area contributed by atoms with Crippen LogP contribution >= 0.6 is 0 Å². The van der Waals surface area contributed by atoms with Gasteiger partial charge in [-0.2, -0.15) is 0 Å². The van der Waals surface area contributed by atoms with Crippen molar-refractivity contribution in [2.75, 3.05) is 0 Å². The third-order valence-electron chi connectivity index (χ3n) is 3.84. The van der Waals surface area contributed by atoms with E-state index in [1.807, 2.05) is 0 Å². The number of aliphatic hydroxyl groups excluding tert-OH is 1. The Balaban J connectivity index is 2.43. The van der Waals surface area contributed by atoms with E-state index in [0.29, 0.717) is 36.4 Å². The van der Waals surface area contributed by atoms with Crippen LogP contribution in [0.5, 0.6) is 0 Å². The highest BCUT2D eigenvalue weighted by atomic mass is 16.3. The molecule has 116 valence electrons. The summed E-state index contributed by atoms with van der Waals surface area (Å²) in [6.45, 7) is 3.89. The monoisotopic (exact) mass is 294 g/mol. The molecule has 0 aliphatic carbocycles. The summed E-state index contributed by atoms with van der Waals surface area (Å²) in [5, 5.41) is 9.24. The SMILES string of the molecule is Cc1nc2c(c(=O)n(CCCC[C@@H](C)O)c(=O)n2C)n1C. The van der Waals surface area contributed by atoms with Gasteiger partial charge in [-0.05, 0) is 33.1 Å². The maximum Gasteiger partial charge on any atom is 0.332 e. The summed E-state index contributed by atoms with van der Waals surface area (Å²) in [7, 11) is 3.40. The number of rotatable bonds is 5. The Morgan fingerprint density at radius 2 is 1.86 bits per heavy atom. The smallest absolute Gasteiger partial charge is 0.332 e. The van der Waals surface area contributed by atoms with Gasteiger partial charge in [-0.3, -0.25) is 13.9 Å². The van der Waals surface area contributed by atoms with Crippen LogP contribution < -0.4 is 11.2 Å². The van der Waals surface area contributed by atoms with Crippen LogP contribution in [0.4, 0.5) is 0 Å². The van der Waals surface area contributed by atoms with Gasteiger partial charge in [-0.1, -0.05) is 0 Å². The van der Waals surface area contributed by atoms with Gasteiger partial charge < -0.3 is 9.67 Å². The van der Waals surface area contributed by atoms with Gasteiger partial charge in [0.05, 0.1) is 6.10 Å². The molecule has 0 amide bonds. The molecule has 1 atom stereocenters. The summed E-state index contributed by atoms with van der Waals surface area (Å²) in [5.74, 6) is 0.698. The number of nitrogens with zero attached hydrogens (tertiary/aromatic N) is 4. The zero-order valence-corrected chi connectivity index (χ0v) is 13.0. The van der Waals surface area contributed by atoms with Gasteiger partial charge in [0.15, 0.2) is 11.2 Å². The molecule has 0 radical (unpaired) electrons. The first-order valence-corrected chi connectivity index (χ1v) is 7.15. The molecule has 0 saturated heterocycles. The Morgan fingerprint density at radius 1 is 1.19 bits per heavy atom. The number of imidazole rings is 1. The predicted octanol–water partition coefficient (Wildman–Crippen LogP) is 0.293. The van der Waals surface area contributed by atoms with E-state index in [0.717, 1.165) is 6.42 Å². The summed E-state index contributed by atoms with van der Waals surface area (Å²) in [6, 6.07) is 0. The van der Waals surface area contributed by atoms with Crippen molar-refractivity contribution in [3.8, 4) is 0 Å². The molecule has 1 N–H and O–H groups in total. The van der Waals surface area contributed by atoms with Crippen LogP contribution in [0.15, 0.2) is 9.59 Å². The fourth-order valence-corrected chi connectivity index (χ4v) is 2.46. The van der Waals surface area contributed by atoms with Crippen LogP contribution in [0.3, 0.4) is 0 Å². The van der Waals surface area contributed by atoms with Crippen molar-refractivity contribution in [3.63, 3.8) is 0 Å². The van der Waals surface area contributed by atoms with E-state index < -0.39 is 0 Å². The first kappa shape index (κ1) is 15.5. The van der Waals surface area contributed by atoms with E-state index in [-0.39, 0.29) is 17.4 Å². The topological polar surface area (TPSA) is 82.1 Å². The molecule has 0 saturated carbocycles. The lowest BCUT2D eigenvalue weighted by Crippen LogP contribution is -2.39. The number of hydrogen-bond donors (Lipinski definition) is 1. The Morgan fingerprint density at radius 3 is 2.48 bits per heavy atom. The summed E-state index contributed by atoms with van der Waals surface area (Å²) in [5.41, 5.74) is 0.228. The first-order valence-electron chi connectivity index (χ1n) is 7.15. The van der Waals surface area contributed by atoms with E-state index in [4.69, 9.17) is 0 Å². The van der Waals surface area contributed by atoms with Crippen LogP contribution in [0, 0.1) is 6.92 Å². The molecule has 2 aromatic heterocycles. The number of hydrogen-bond acceptors (Lipinski definition) is 4. The van der Waals surface area contributed by atoms with E-state index in [1.165, 1.54) is 9.13 Å². The summed E-state index contributed by atoms with van der Waals surface area (Å²) in [4.78, 5) is 29.1. The van der Waals surface area contributed by atoms with Gasteiger partial charge in [-0.15, -0.1) is 0 Å². The van der Waals surface area contributed by atoms with Crippen molar-refractivity contribution in [2.24, 2.45) is 14.1 Å². The van der Waals surface area contributed by atoms with E-state index in [2.05, 4.69) is 4.98 Å². The molecule has 0 bridgehead atoms. The molecule has 0 unspecified atom stereocenters. The Hall–Kier alpha value is -1.89. The van der Waals surface area contributed by atoms with Gasteiger partial charge >= 0.3 is 5.69 Å². The first-order chi connectivity index (χ1) is 9.84. The molecule has 21 heavy (non-hydrogen) atoms. The summed E-state index contributed by atoms with van der Waals surface area (Å²) in [6.07, 6.45) is 1.77. The molecule has 7 heteroatoms. The fourth-order valence-electron chi connectivity index (χ4n) is 2.46. The van der Waals surface area contributed by atoms with Crippen LogP contribution in [0.1, 0.15) is 32.0 Å². The molecule has 0 aliphatic heterocycles. The van der Waals surface area contributed by atoms with Gasteiger partial charge in [0.2, 0.25) is 0 Å². The lowest BCUT2D eigenvalue weighted by molar-refractivity contribution is 0.180. The second-order valence-corrected chi connectivity index (χ2v) is 5.53. The van der Waals surface area contributed by atoms with Gasteiger partial charge in [0.1, 0.15) is 5.82 Å².